The van der Waals surface area contributed by atoms with Crippen molar-refractivity contribution in [3.05, 3.63) is 23.3 Å². The minimum atomic E-state index is -1.08. The van der Waals surface area contributed by atoms with Crippen LogP contribution in [-0.2, 0) is 9.59 Å². The quantitative estimate of drug-likeness (QED) is 0.279. The lowest BCUT2D eigenvalue weighted by molar-refractivity contribution is -0.141. The zero-order chi connectivity index (χ0) is 21.9. The van der Waals surface area contributed by atoms with Crippen LogP contribution in [-0.4, -0.2) is 33.9 Å². The van der Waals surface area contributed by atoms with Gasteiger partial charge in [0.15, 0.2) is 0 Å². The molecule has 3 N–H and O–H groups in total. The summed E-state index contributed by atoms with van der Waals surface area (Å²) >= 11 is 0. The Kier molecular flexibility index (Phi) is 12.8. The smallest absolute Gasteiger partial charge is 0.331 e. The fraction of sp³-hybridized carbons (Fsp3) is 0.739. The minimum Gasteiger partial charge on any atom is -0.481 e. The largest absolute Gasteiger partial charge is 0.481 e. The summed E-state index contributed by atoms with van der Waals surface area (Å²) in [5.41, 5.74) is 0.920. The van der Waals surface area contributed by atoms with Crippen LogP contribution in [0.4, 0.5) is 0 Å². The molecule has 0 spiro atoms. The molecule has 5 heteroatoms. The second kappa shape index (κ2) is 13.5. The molecule has 0 aliphatic heterocycles. The predicted molar refractivity (Wildman–Crippen MR) is 113 cm³/mol. The van der Waals surface area contributed by atoms with Crippen molar-refractivity contribution in [2.45, 2.75) is 73.6 Å². The maximum atomic E-state index is 11.4. The minimum absolute atomic E-state index is 0.00335. The predicted octanol–water partition coefficient (Wildman–Crippen LogP) is 5.15. The molecule has 0 bridgehead atoms. The van der Waals surface area contributed by atoms with Gasteiger partial charge in [0.05, 0.1) is 5.92 Å². The Morgan fingerprint density at radius 2 is 1.57 bits per heavy atom. The molecule has 0 amide bonds. The second-order valence-electron chi connectivity index (χ2n) is 8.68. The zero-order valence-electron chi connectivity index (χ0n) is 18.4. The first-order valence-electron chi connectivity index (χ1n) is 10.5. The Labute approximate surface area is 170 Å². The van der Waals surface area contributed by atoms with Crippen molar-refractivity contribution in [3.8, 4) is 0 Å². The van der Waals surface area contributed by atoms with E-state index in [1.54, 1.807) is 6.08 Å². The summed E-state index contributed by atoms with van der Waals surface area (Å²) in [5.74, 6) is -1.12. The van der Waals surface area contributed by atoms with E-state index >= 15 is 0 Å². The molecule has 28 heavy (non-hydrogen) atoms. The van der Waals surface area contributed by atoms with Crippen LogP contribution >= 0.6 is 0 Å². The fourth-order valence-corrected chi connectivity index (χ4v) is 3.75. The van der Waals surface area contributed by atoms with Gasteiger partial charge in [-0.2, -0.15) is 0 Å². The molecule has 0 fully saturated rings. The fourth-order valence-electron chi connectivity index (χ4n) is 3.75. The lowest BCUT2D eigenvalue weighted by Crippen LogP contribution is -2.15. The van der Waals surface area contributed by atoms with Gasteiger partial charge in [0, 0.05) is 12.2 Å². The Balaban J connectivity index is 4.96. The van der Waals surface area contributed by atoms with Crippen LogP contribution in [0.2, 0.25) is 0 Å². The Hall–Kier alpha value is -1.62. The van der Waals surface area contributed by atoms with Crippen LogP contribution < -0.4 is 0 Å². The molecule has 0 aromatic rings. The third kappa shape index (κ3) is 11.3. The number of carboxylic acids is 2. The van der Waals surface area contributed by atoms with E-state index in [0.717, 1.165) is 18.4 Å². The molecule has 0 unspecified atom stereocenters. The van der Waals surface area contributed by atoms with Gasteiger partial charge in [-0.1, -0.05) is 52.7 Å². The van der Waals surface area contributed by atoms with E-state index in [1.165, 1.54) is 19.8 Å². The third-order valence-corrected chi connectivity index (χ3v) is 5.37. The molecule has 0 aliphatic carbocycles. The number of hydrogen-bond donors (Lipinski definition) is 3. The summed E-state index contributed by atoms with van der Waals surface area (Å²) in [5, 5.41) is 28.1. The lowest BCUT2D eigenvalue weighted by atomic mass is 9.84. The summed E-state index contributed by atoms with van der Waals surface area (Å²) in [4.78, 5) is 22.4. The summed E-state index contributed by atoms with van der Waals surface area (Å²) in [6.45, 7) is 12.3. The first-order valence-corrected chi connectivity index (χ1v) is 10.5. The highest BCUT2D eigenvalue weighted by Gasteiger charge is 2.19. The van der Waals surface area contributed by atoms with Crippen LogP contribution in [0.3, 0.4) is 0 Å². The van der Waals surface area contributed by atoms with Crippen LogP contribution in [0.15, 0.2) is 23.3 Å². The Bertz CT molecular complexity index is 549. The van der Waals surface area contributed by atoms with E-state index in [0.29, 0.717) is 11.8 Å². The average molecular weight is 397 g/mol. The van der Waals surface area contributed by atoms with Crippen LogP contribution in [0, 0.1) is 29.6 Å². The van der Waals surface area contributed by atoms with Crippen LogP contribution in [0.1, 0.15) is 73.6 Å². The van der Waals surface area contributed by atoms with E-state index < -0.39 is 17.9 Å². The molecule has 0 radical (unpaired) electrons. The molecule has 0 saturated carbocycles. The molecule has 162 valence electrons. The summed E-state index contributed by atoms with van der Waals surface area (Å²) < 4.78 is 0. The number of carboxylic acid groups (broad SMARTS) is 2. The standard InChI is InChI=1S/C23H40O5/c1-7-15(2)8-16(3)10-20(14-24)11-17(4)9-18(5)12-21(23(27)28)13-19(6)22(25)26/h9,12,15-17,19-20,24H,7-8,10-11,13-14H2,1-6H3,(H,25,26)(H,27,28)/b18-9+,21-12-/t15-,16-,17+,19-,20+/m1/s1. The lowest BCUT2D eigenvalue weighted by Gasteiger charge is -2.23. The molecule has 0 saturated heterocycles. The van der Waals surface area contributed by atoms with Gasteiger partial charge in [-0.15, -0.1) is 0 Å². The first-order chi connectivity index (χ1) is 13.0. The molecular weight excluding hydrogens is 356 g/mol. The number of aliphatic carboxylic acids is 2. The highest BCUT2D eigenvalue weighted by atomic mass is 16.4. The van der Waals surface area contributed by atoms with Crippen molar-refractivity contribution in [2.24, 2.45) is 29.6 Å². The molecule has 0 aliphatic rings. The van der Waals surface area contributed by atoms with Crippen molar-refractivity contribution in [2.75, 3.05) is 6.61 Å². The molecule has 0 rings (SSSR count). The first kappa shape index (κ1) is 26.4. The Morgan fingerprint density at radius 1 is 0.964 bits per heavy atom. The Morgan fingerprint density at radius 3 is 2.04 bits per heavy atom. The number of hydrogen-bond acceptors (Lipinski definition) is 3. The topological polar surface area (TPSA) is 94.8 Å². The number of allylic oxidation sites excluding steroid dienone is 3. The van der Waals surface area contributed by atoms with Gasteiger partial charge in [-0.3, -0.25) is 4.79 Å². The summed E-state index contributed by atoms with van der Waals surface area (Å²) in [7, 11) is 0. The van der Waals surface area contributed by atoms with Gasteiger partial charge in [-0.25, -0.2) is 4.79 Å². The SMILES string of the molecule is CC[C@@H](C)C[C@@H](C)C[C@H](CO)C[C@@H](C)/C=C(C)/C=C(/C[C@@H](C)C(=O)O)C(=O)O. The highest BCUT2D eigenvalue weighted by Crippen LogP contribution is 2.26. The van der Waals surface area contributed by atoms with E-state index in [9.17, 15) is 19.8 Å². The van der Waals surface area contributed by atoms with Gasteiger partial charge < -0.3 is 15.3 Å². The molecule has 0 aromatic carbocycles. The number of carbonyl (C=O) groups is 2. The maximum Gasteiger partial charge on any atom is 0.331 e. The molecule has 5 atom stereocenters. The highest BCUT2D eigenvalue weighted by molar-refractivity contribution is 5.88. The van der Waals surface area contributed by atoms with Gasteiger partial charge in [0.2, 0.25) is 0 Å². The average Bonchev–Trinajstić information content (AvgIpc) is 2.59. The van der Waals surface area contributed by atoms with Crippen molar-refractivity contribution < 1.29 is 24.9 Å². The van der Waals surface area contributed by atoms with Gasteiger partial charge >= 0.3 is 11.9 Å². The third-order valence-electron chi connectivity index (χ3n) is 5.37. The zero-order valence-corrected chi connectivity index (χ0v) is 18.4. The summed E-state index contributed by atoms with van der Waals surface area (Å²) in [6, 6.07) is 0. The number of rotatable bonds is 14. The van der Waals surface area contributed by atoms with Crippen LogP contribution in [0.25, 0.3) is 0 Å². The van der Waals surface area contributed by atoms with Crippen molar-refractivity contribution in [3.63, 3.8) is 0 Å². The molecular formula is C23H40O5. The number of aliphatic hydroxyl groups excluding tert-OH is 1. The van der Waals surface area contributed by atoms with Crippen LogP contribution in [0.5, 0.6) is 0 Å². The molecule has 0 aromatic heterocycles. The van der Waals surface area contributed by atoms with E-state index in [-0.39, 0.29) is 30.4 Å². The second-order valence-corrected chi connectivity index (χ2v) is 8.68. The maximum absolute atomic E-state index is 11.4. The van der Waals surface area contributed by atoms with E-state index in [4.69, 9.17) is 5.11 Å². The van der Waals surface area contributed by atoms with Gasteiger partial charge in [-0.05, 0) is 62.4 Å². The normalized spacial score (nSPS) is 18.2. The van der Waals surface area contributed by atoms with E-state index in [1.807, 2.05) is 13.0 Å². The summed E-state index contributed by atoms with van der Waals surface area (Å²) in [6.07, 6.45) is 7.75. The van der Waals surface area contributed by atoms with Gasteiger partial charge in [0.25, 0.3) is 0 Å². The molecule has 0 heterocycles. The van der Waals surface area contributed by atoms with Crippen molar-refractivity contribution in [1.29, 1.82) is 0 Å². The van der Waals surface area contributed by atoms with Crippen molar-refractivity contribution >= 4 is 11.9 Å². The van der Waals surface area contributed by atoms with Gasteiger partial charge in [0.1, 0.15) is 0 Å². The number of aliphatic hydroxyl groups is 1. The molecule has 5 nitrogen and oxygen atoms in total. The monoisotopic (exact) mass is 396 g/mol. The van der Waals surface area contributed by atoms with Crippen molar-refractivity contribution in [1.82, 2.24) is 0 Å². The van der Waals surface area contributed by atoms with E-state index in [2.05, 4.69) is 27.7 Å².